The number of pyridine rings is 1. The summed E-state index contributed by atoms with van der Waals surface area (Å²) in [6, 6.07) is 1.71. The van der Waals surface area contributed by atoms with E-state index in [1.54, 1.807) is 12.4 Å². The van der Waals surface area contributed by atoms with Crippen LogP contribution in [0.15, 0.2) is 18.5 Å². The standard InChI is InChI=1S/C14H21N3O3/c1-8(2)12-5-9(17-14(18)19)6-13(20-12)10-3-4-16-7-11(10)15/h3-4,7-9,12-13,17H,5-6,15H2,1-2H3,(H,18,19)/t9-,12-,13+/m1/s1. The molecule has 110 valence electrons. The molecule has 4 N–H and O–H groups in total. The zero-order chi connectivity index (χ0) is 14.7. The summed E-state index contributed by atoms with van der Waals surface area (Å²) in [5, 5.41) is 11.5. The van der Waals surface area contributed by atoms with Gasteiger partial charge in [-0.25, -0.2) is 4.79 Å². The zero-order valence-electron chi connectivity index (χ0n) is 11.7. The second kappa shape index (κ2) is 6.09. The molecule has 1 aromatic rings. The summed E-state index contributed by atoms with van der Waals surface area (Å²) in [5.74, 6) is 0.318. The molecule has 1 aromatic heterocycles. The molecule has 2 rings (SSSR count). The lowest BCUT2D eigenvalue weighted by Gasteiger charge is -2.37. The first-order valence-electron chi connectivity index (χ1n) is 6.81. The Balaban J connectivity index is 2.19. The quantitative estimate of drug-likeness (QED) is 0.787. The lowest BCUT2D eigenvalue weighted by Crippen LogP contribution is -2.44. The van der Waals surface area contributed by atoms with Gasteiger partial charge < -0.3 is 20.9 Å². The number of rotatable bonds is 3. The van der Waals surface area contributed by atoms with Gasteiger partial charge >= 0.3 is 6.09 Å². The van der Waals surface area contributed by atoms with E-state index in [-0.39, 0.29) is 18.2 Å². The smallest absolute Gasteiger partial charge is 0.404 e. The summed E-state index contributed by atoms with van der Waals surface area (Å²) in [4.78, 5) is 14.8. The third-order valence-corrected chi connectivity index (χ3v) is 3.66. The van der Waals surface area contributed by atoms with E-state index < -0.39 is 6.09 Å². The summed E-state index contributed by atoms with van der Waals surface area (Å²) < 4.78 is 6.09. The highest BCUT2D eigenvalue weighted by Gasteiger charge is 2.33. The molecule has 1 amide bonds. The number of nitrogens with one attached hydrogen (secondary N) is 1. The van der Waals surface area contributed by atoms with Gasteiger partial charge in [-0.05, 0) is 24.8 Å². The number of nitrogens with two attached hydrogens (primary N) is 1. The number of carboxylic acid groups (broad SMARTS) is 1. The third kappa shape index (κ3) is 3.39. The van der Waals surface area contributed by atoms with Gasteiger partial charge in [0.15, 0.2) is 0 Å². The Morgan fingerprint density at radius 3 is 2.90 bits per heavy atom. The molecule has 0 bridgehead atoms. The topological polar surface area (TPSA) is 97.5 Å². The van der Waals surface area contributed by atoms with E-state index in [2.05, 4.69) is 24.1 Å². The van der Waals surface area contributed by atoms with E-state index in [4.69, 9.17) is 15.6 Å². The second-order valence-electron chi connectivity index (χ2n) is 5.53. The molecule has 1 aliphatic rings. The monoisotopic (exact) mass is 279 g/mol. The molecule has 1 fully saturated rings. The maximum absolute atomic E-state index is 10.9. The fraction of sp³-hybridized carbons (Fsp3) is 0.571. The predicted octanol–water partition coefficient (Wildman–Crippen LogP) is 2.18. The van der Waals surface area contributed by atoms with Gasteiger partial charge in [0.05, 0.1) is 24.1 Å². The van der Waals surface area contributed by atoms with Gasteiger partial charge in [0.2, 0.25) is 0 Å². The van der Waals surface area contributed by atoms with Crippen LogP contribution in [0.4, 0.5) is 10.5 Å². The van der Waals surface area contributed by atoms with E-state index in [1.807, 2.05) is 6.07 Å². The van der Waals surface area contributed by atoms with Crippen molar-refractivity contribution in [3.63, 3.8) is 0 Å². The Hall–Kier alpha value is -1.82. The highest BCUT2D eigenvalue weighted by Crippen LogP contribution is 2.36. The SMILES string of the molecule is CC(C)[C@H]1C[C@@H](NC(=O)O)C[C@@H](c2ccncc2N)O1. The first kappa shape index (κ1) is 14.6. The molecular weight excluding hydrogens is 258 g/mol. The van der Waals surface area contributed by atoms with Crippen LogP contribution in [0.1, 0.15) is 38.4 Å². The van der Waals surface area contributed by atoms with E-state index in [9.17, 15) is 4.79 Å². The molecule has 3 atom stereocenters. The molecule has 2 heterocycles. The molecule has 6 nitrogen and oxygen atoms in total. The number of nitrogen functional groups attached to an aromatic ring is 1. The van der Waals surface area contributed by atoms with Gasteiger partial charge in [0.25, 0.3) is 0 Å². The predicted molar refractivity (Wildman–Crippen MR) is 75.3 cm³/mol. The Morgan fingerprint density at radius 1 is 1.55 bits per heavy atom. The maximum Gasteiger partial charge on any atom is 0.404 e. The minimum atomic E-state index is -0.999. The lowest BCUT2D eigenvalue weighted by molar-refractivity contribution is -0.0822. The van der Waals surface area contributed by atoms with Crippen molar-refractivity contribution >= 4 is 11.8 Å². The molecule has 1 aliphatic heterocycles. The van der Waals surface area contributed by atoms with Crippen molar-refractivity contribution in [2.75, 3.05) is 5.73 Å². The van der Waals surface area contributed by atoms with Gasteiger partial charge in [-0.15, -0.1) is 0 Å². The largest absolute Gasteiger partial charge is 0.465 e. The average molecular weight is 279 g/mol. The Labute approximate surface area is 118 Å². The summed E-state index contributed by atoms with van der Waals surface area (Å²) >= 11 is 0. The summed E-state index contributed by atoms with van der Waals surface area (Å²) in [7, 11) is 0. The summed E-state index contributed by atoms with van der Waals surface area (Å²) in [6.45, 7) is 4.14. The van der Waals surface area contributed by atoms with Crippen LogP contribution in [0.3, 0.4) is 0 Å². The fourth-order valence-corrected chi connectivity index (χ4v) is 2.59. The van der Waals surface area contributed by atoms with Crippen LogP contribution < -0.4 is 11.1 Å². The van der Waals surface area contributed by atoms with Crippen molar-refractivity contribution in [2.24, 2.45) is 5.92 Å². The highest BCUT2D eigenvalue weighted by molar-refractivity contribution is 5.64. The number of hydrogen-bond acceptors (Lipinski definition) is 4. The van der Waals surface area contributed by atoms with Crippen molar-refractivity contribution in [1.29, 1.82) is 0 Å². The Morgan fingerprint density at radius 2 is 2.30 bits per heavy atom. The number of ether oxygens (including phenoxy) is 1. The van der Waals surface area contributed by atoms with Gasteiger partial charge in [-0.2, -0.15) is 0 Å². The third-order valence-electron chi connectivity index (χ3n) is 3.66. The van der Waals surface area contributed by atoms with Crippen molar-refractivity contribution in [3.05, 3.63) is 24.0 Å². The van der Waals surface area contributed by atoms with Gasteiger partial charge in [0.1, 0.15) is 0 Å². The van der Waals surface area contributed by atoms with E-state index in [1.165, 1.54) is 0 Å². The lowest BCUT2D eigenvalue weighted by atomic mass is 9.90. The van der Waals surface area contributed by atoms with E-state index in [0.717, 1.165) is 5.56 Å². The Kier molecular flexibility index (Phi) is 4.44. The molecule has 0 spiro atoms. The molecular formula is C14H21N3O3. The summed E-state index contributed by atoms with van der Waals surface area (Å²) in [6.07, 6.45) is 3.36. The normalized spacial score (nSPS) is 26.4. The first-order valence-corrected chi connectivity index (χ1v) is 6.81. The molecule has 6 heteroatoms. The van der Waals surface area contributed by atoms with Crippen LogP contribution in [0.2, 0.25) is 0 Å². The van der Waals surface area contributed by atoms with Gasteiger partial charge in [-0.1, -0.05) is 13.8 Å². The Bertz CT molecular complexity index is 478. The van der Waals surface area contributed by atoms with Crippen molar-refractivity contribution in [1.82, 2.24) is 10.3 Å². The number of hydrogen-bond donors (Lipinski definition) is 3. The fourth-order valence-electron chi connectivity index (χ4n) is 2.59. The van der Waals surface area contributed by atoms with Gasteiger partial charge in [0, 0.05) is 17.8 Å². The van der Waals surface area contributed by atoms with Crippen LogP contribution in [0, 0.1) is 5.92 Å². The number of amides is 1. The number of aromatic nitrogens is 1. The van der Waals surface area contributed by atoms with Crippen molar-refractivity contribution in [2.45, 2.75) is 44.9 Å². The molecule has 0 radical (unpaired) electrons. The number of nitrogens with zero attached hydrogens (tertiary/aromatic N) is 1. The van der Waals surface area contributed by atoms with Crippen molar-refractivity contribution < 1.29 is 14.6 Å². The van der Waals surface area contributed by atoms with Crippen LogP contribution in [0.25, 0.3) is 0 Å². The van der Waals surface area contributed by atoms with Crippen LogP contribution in [0.5, 0.6) is 0 Å². The molecule has 0 unspecified atom stereocenters. The molecule has 20 heavy (non-hydrogen) atoms. The number of carbonyl (C=O) groups is 1. The maximum atomic E-state index is 10.9. The molecule has 0 aliphatic carbocycles. The molecule has 1 saturated heterocycles. The highest BCUT2D eigenvalue weighted by atomic mass is 16.5. The van der Waals surface area contributed by atoms with Crippen LogP contribution in [-0.2, 0) is 4.74 Å². The van der Waals surface area contributed by atoms with Crippen LogP contribution >= 0.6 is 0 Å². The second-order valence-corrected chi connectivity index (χ2v) is 5.53. The van der Waals surface area contributed by atoms with Crippen LogP contribution in [-0.4, -0.2) is 28.3 Å². The van der Waals surface area contributed by atoms with Crippen molar-refractivity contribution in [3.8, 4) is 0 Å². The minimum Gasteiger partial charge on any atom is -0.465 e. The van der Waals surface area contributed by atoms with Gasteiger partial charge in [-0.3, -0.25) is 4.98 Å². The molecule has 0 saturated carbocycles. The first-order chi connectivity index (χ1) is 9.47. The average Bonchev–Trinajstić information content (AvgIpc) is 2.38. The molecule has 0 aromatic carbocycles. The summed E-state index contributed by atoms with van der Waals surface area (Å²) in [5.41, 5.74) is 7.40. The zero-order valence-corrected chi connectivity index (χ0v) is 11.7. The van der Waals surface area contributed by atoms with E-state index >= 15 is 0 Å². The minimum absolute atomic E-state index is 0.0122. The van der Waals surface area contributed by atoms with E-state index in [0.29, 0.717) is 24.4 Å². The number of anilines is 1.